The molecule has 4 heterocycles. The number of hydrogen-bond acceptors (Lipinski definition) is 3. The van der Waals surface area contributed by atoms with Gasteiger partial charge in [-0.15, -0.1) is 0 Å². The molecule has 0 radical (unpaired) electrons. The molecule has 0 unspecified atom stereocenters. The van der Waals surface area contributed by atoms with Crippen LogP contribution in [-0.4, -0.2) is 23.9 Å². The van der Waals surface area contributed by atoms with E-state index in [-0.39, 0.29) is 0 Å². The van der Waals surface area contributed by atoms with Gasteiger partial charge in [-0.2, -0.15) is 0 Å². The standard InChI is InChI=1S/C43H25N5/c1-2-12-26(13-3-1)40-32-17-6-9-19-34(32)44-43(46-40)48-36-21-11-8-18-33(36)39-29-22-25-38-41(30(29)23-24-37(39)48)45-42-31-16-5-4-14-27(31)28-15-7-10-20-35(28)47(38)42/h1-25H. The highest BCUT2D eigenvalue weighted by Crippen LogP contribution is 2.40. The van der Waals surface area contributed by atoms with Gasteiger partial charge in [0.25, 0.3) is 0 Å². The molecule has 0 amide bonds. The fraction of sp³-hybridized carbons (Fsp3) is 0. The van der Waals surface area contributed by atoms with E-state index >= 15 is 0 Å². The molecule has 0 aliphatic rings. The molecule has 0 saturated carbocycles. The van der Waals surface area contributed by atoms with Gasteiger partial charge in [-0.1, -0.05) is 115 Å². The number of nitrogens with zero attached hydrogens (tertiary/aromatic N) is 5. The summed E-state index contributed by atoms with van der Waals surface area (Å²) >= 11 is 0. The molecule has 222 valence electrons. The van der Waals surface area contributed by atoms with Crippen molar-refractivity contribution in [2.24, 2.45) is 0 Å². The number of imidazole rings is 1. The lowest BCUT2D eigenvalue weighted by atomic mass is 10.0. The van der Waals surface area contributed by atoms with Crippen LogP contribution in [0.2, 0.25) is 0 Å². The predicted octanol–water partition coefficient (Wildman–Crippen LogP) is 10.7. The molecule has 0 aliphatic carbocycles. The Balaban J connectivity index is 1.26. The molecule has 0 fully saturated rings. The third-order valence-electron chi connectivity index (χ3n) is 9.90. The molecule has 48 heavy (non-hydrogen) atoms. The van der Waals surface area contributed by atoms with Crippen molar-refractivity contribution in [3.63, 3.8) is 0 Å². The smallest absolute Gasteiger partial charge is 0.235 e. The summed E-state index contributed by atoms with van der Waals surface area (Å²) in [6.45, 7) is 0. The molecule has 0 aliphatic heterocycles. The van der Waals surface area contributed by atoms with Crippen molar-refractivity contribution in [3.8, 4) is 17.2 Å². The van der Waals surface area contributed by atoms with Crippen molar-refractivity contribution in [2.75, 3.05) is 0 Å². The van der Waals surface area contributed by atoms with Gasteiger partial charge >= 0.3 is 0 Å². The quantitative estimate of drug-likeness (QED) is 0.183. The molecular weight excluding hydrogens is 587 g/mol. The Kier molecular flexibility index (Phi) is 5.05. The van der Waals surface area contributed by atoms with E-state index in [9.17, 15) is 0 Å². The van der Waals surface area contributed by atoms with E-state index in [2.05, 4.69) is 148 Å². The van der Waals surface area contributed by atoms with Crippen LogP contribution in [0.3, 0.4) is 0 Å². The minimum atomic E-state index is 0.657. The van der Waals surface area contributed by atoms with E-state index < -0.39 is 0 Å². The van der Waals surface area contributed by atoms with Gasteiger partial charge < -0.3 is 0 Å². The average Bonchev–Trinajstić information content (AvgIpc) is 3.72. The number of hydrogen-bond donors (Lipinski definition) is 0. The molecular formula is C43H25N5. The summed E-state index contributed by atoms with van der Waals surface area (Å²) in [7, 11) is 0. The molecule has 11 aromatic rings. The van der Waals surface area contributed by atoms with Gasteiger partial charge in [0.15, 0.2) is 0 Å². The Labute approximate surface area is 274 Å². The van der Waals surface area contributed by atoms with Gasteiger partial charge in [0.05, 0.1) is 38.8 Å². The number of rotatable bonds is 2. The van der Waals surface area contributed by atoms with E-state index in [1.54, 1.807) is 0 Å². The number of aromatic nitrogens is 5. The van der Waals surface area contributed by atoms with Crippen LogP contribution in [0.5, 0.6) is 0 Å². The molecule has 0 spiro atoms. The molecule has 0 N–H and O–H groups in total. The second-order valence-electron chi connectivity index (χ2n) is 12.4. The highest BCUT2D eigenvalue weighted by atomic mass is 15.2. The number of pyridine rings is 1. The summed E-state index contributed by atoms with van der Waals surface area (Å²) < 4.78 is 4.55. The summed E-state index contributed by atoms with van der Waals surface area (Å²) in [4.78, 5) is 15.8. The first-order valence-corrected chi connectivity index (χ1v) is 16.2. The van der Waals surface area contributed by atoms with Gasteiger partial charge in [-0.3, -0.25) is 8.97 Å². The van der Waals surface area contributed by atoms with Crippen LogP contribution in [0.15, 0.2) is 152 Å². The average molecular weight is 612 g/mol. The van der Waals surface area contributed by atoms with Crippen LogP contribution < -0.4 is 0 Å². The van der Waals surface area contributed by atoms with Gasteiger partial charge in [-0.05, 0) is 47.2 Å². The molecule has 4 aromatic heterocycles. The van der Waals surface area contributed by atoms with Gasteiger partial charge in [-0.25, -0.2) is 15.0 Å². The number of benzene rings is 7. The molecule has 11 rings (SSSR count). The third kappa shape index (κ3) is 3.37. The Bertz CT molecular complexity index is 3120. The highest BCUT2D eigenvalue weighted by molar-refractivity contribution is 6.25. The fourth-order valence-electron chi connectivity index (χ4n) is 7.84. The monoisotopic (exact) mass is 611 g/mol. The highest BCUT2D eigenvalue weighted by Gasteiger charge is 2.21. The number of para-hydroxylation sites is 3. The van der Waals surface area contributed by atoms with Crippen molar-refractivity contribution in [2.45, 2.75) is 0 Å². The van der Waals surface area contributed by atoms with E-state index in [0.29, 0.717) is 5.95 Å². The van der Waals surface area contributed by atoms with Crippen LogP contribution in [0.4, 0.5) is 0 Å². The number of fused-ring (bicyclic) bond motifs is 15. The zero-order valence-corrected chi connectivity index (χ0v) is 25.7. The first-order chi connectivity index (χ1) is 23.8. The second-order valence-corrected chi connectivity index (χ2v) is 12.4. The second kappa shape index (κ2) is 9.47. The summed E-state index contributed by atoms with van der Waals surface area (Å²) in [5, 5.41) is 9.26. The van der Waals surface area contributed by atoms with Crippen LogP contribution in [-0.2, 0) is 0 Å². The van der Waals surface area contributed by atoms with E-state index in [1.165, 1.54) is 16.2 Å². The topological polar surface area (TPSA) is 48.0 Å². The summed E-state index contributed by atoms with van der Waals surface area (Å²) in [6, 6.07) is 53.4. The summed E-state index contributed by atoms with van der Waals surface area (Å²) in [5.41, 5.74) is 9.29. The predicted molar refractivity (Wildman–Crippen MR) is 198 cm³/mol. The Morgan fingerprint density at radius 3 is 1.88 bits per heavy atom. The Morgan fingerprint density at radius 1 is 0.375 bits per heavy atom. The fourth-order valence-corrected chi connectivity index (χ4v) is 7.84. The first-order valence-electron chi connectivity index (χ1n) is 16.2. The van der Waals surface area contributed by atoms with Crippen molar-refractivity contribution >= 4 is 81.8 Å². The third-order valence-corrected chi connectivity index (χ3v) is 9.90. The molecule has 0 saturated heterocycles. The maximum Gasteiger partial charge on any atom is 0.235 e. The SMILES string of the molecule is c1ccc(-c2nc(-n3c4ccccc4c4c5ccc6c(nc7c8ccccc8c8ccccc8n67)c5ccc43)nc3ccccc23)cc1. The zero-order valence-electron chi connectivity index (χ0n) is 25.7. The Morgan fingerprint density at radius 2 is 1.02 bits per heavy atom. The maximum atomic E-state index is 5.38. The maximum absolute atomic E-state index is 5.38. The molecule has 5 nitrogen and oxygen atoms in total. The van der Waals surface area contributed by atoms with Crippen molar-refractivity contribution in [1.82, 2.24) is 23.9 Å². The minimum absolute atomic E-state index is 0.657. The van der Waals surface area contributed by atoms with Crippen molar-refractivity contribution in [3.05, 3.63) is 152 Å². The van der Waals surface area contributed by atoms with Gasteiger partial charge in [0, 0.05) is 37.9 Å². The van der Waals surface area contributed by atoms with Crippen LogP contribution in [0.25, 0.3) is 99.0 Å². The molecule has 0 bridgehead atoms. The van der Waals surface area contributed by atoms with Crippen molar-refractivity contribution in [1.29, 1.82) is 0 Å². The minimum Gasteiger partial charge on any atom is -0.292 e. The van der Waals surface area contributed by atoms with Crippen LogP contribution >= 0.6 is 0 Å². The van der Waals surface area contributed by atoms with E-state index in [4.69, 9.17) is 15.0 Å². The lowest BCUT2D eigenvalue weighted by Gasteiger charge is -2.12. The van der Waals surface area contributed by atoms with Gasteiger partial charge in [0.2, 0.25) is 5.95 Å². The lowest BCUT2D eigenvalue weighted by Crippen LogP contribution is -2.03. The zero-order chi connectivity index (χ0) is 31.3. The molecule has 0 atom stereocenters. The summed E-state index contributed by atoms with van der Waals surface area (Å²) in [6.07, 6.45) is 0. The van der Waals surface area contributed by atoms with E-state index in [1.807, 2.05) is 12.1 Å². The van der Waals surface area contributed by atoms with Crippen molar-refractivity contribution < 1.29 is 0 Å². The van der Waals surface area contributed by atoms with Gasteiger partial charge in [0.1, 0.15) is 5.65 Å². The normalized spacial score (nSPS) is 12.2. The van der Waals surface area contributed by atoms with Crippen LogP contribution in [0, 0.1) is 0 Å². The van der Waals surface area contributed by atoms with Crippen LogP contribution in [0.1, 0.15) is 0 Å². The molecule has 7 aromatic carbocycles. The van der Waals surface area contributed by atoms with E-state index in [0.717, 1.165) is 76.9 Å². The largest absolute Gasteiger partial charge is 0.292 e. The lowest BCUT2D eigenvalue weighted by molar-refractivity contribution is 1.01. The molecule has 5 heteroatoms. The Hall–Kier alpha value is -6.59. The first kappa shape index (κ1) is 25.6. The summed E-state index contributed by atoms with van der Waals surface area (Å²) in [5.74, 6) is 0.657.